The number of hydrogen-bond acceptors (Lipinski definition) is 3. The molecular weight excluding hydrogens is 503 g/mol. The van der Waals surface area contributed by atoms with Crippen LogP contribution in [-0.2, 0) is 11.3 Å². The lowest BCUT2D eigenvalue weighted by atomic mass is 9.90. The summed E-state index contributed by atoms with van der Waals surface area (Å²) >= 11 is 0. The second-order valence-corrected chi connectivity index (χ2v) is 8.54. The van der Waals surface area contributed by atoms with Crippen LogP contribution in [-0.4, -0.2) is 31.1 Å². The van der Waals surface area contributed by atoms with Crippen molar-refractivity contribution in [3.05, 3.63) is 59.7 Å². The largest absolute Gasteiger partial charge is 0.487 e. The quantitative estimate of drug-likeness (QED) is 0.347. The molecular formula is C24H31IN4O2. The number of aliphatic imine (C=N–C) groups is 1. The molecule has 2 N–H and O–H groups in total. The molecule has 0 saturated carbocycles. The van der Waals surface area contributed by atoms with Crippen LogP contribution in [0.3, 0.4) is 0 Å². The molecule has 2 aromatic rings. The van der Waals surface area contributed by atoms with Gasteiger partial charge in [0.15, 0.2) is 5.96 Å². The van der Waals surface area contributed by atoms with Crippen molar-refractivity contribution in [1.29, 1.82) is 0 Å². The van der Waals surface area contributed by atoms with Crippen LogP contribution in [0, 0.1) is 0 Å². The Bertz CT molecular complexity index is 943. The molecule has 6 nitrogen and oxygen atoms in total. The number of ether oxygens (including phenoxy) is 1. The second-order valence-electron chi connectivity index (χ2n) is 8.54. The van der Waals surface area contributed by atoms with Gasteiger partial charge in [0.1, 0.15) is 11.4 Å². The van der Waals surface area contributed by atoms with Crippen molar-refractivity contribution in [3.8, 4) is 5.75 Å². The number of hydrogen-bond donors (Lipinski definition) is 2. The SMILES string of the molecule is CN=C(NCc1ccc(N2CCCC2=O)cc1)NC1CC(C)(C)Oc2ccccc21.I. The van der Waals surface area contributed by atoms with E-state index >= 15 is 0 Å². The average Bonchev–Trinajstić information content (AvgIpc) is 3.16. The van der Waals surface area contributed by atoms with E-state index in [2.05, 4.69) is 47.7 Å². The molecule has 1 unspecified atom stereocenters. The van der Waals surface area contributed by atoms with Gasteiger partial charge >= 0.3 is 0 Å². The summed E-state index contributed by atoms with van der Waals surface area (Å²) in [6, 6.07) is 16.5. The third-order valence-electron chi connectivity index (χ3n) is 5.69. The second kappa shape index (κ2) is 9.89. The molecule has 0 aliphatic carbocycles. The number of rotatable bonds is 4. The van der Waals surface area contributed by atoms with Crippen LogP contribution in [0.1, 0.15) is 50.3 Å². The molecule has 1 amide bonds. The molecule has 1 atom stereocenters. The number of nitrogens with zero attached hydrogens (tertiary/aromatic N) is 2. The van der Waals surface area contributed by atoms with Crippen molar-refractivity contribution < 1.29 is 9.53 Å². The summed E-state index contributed by atoms with van der Waals surface area (Å²) in [5.41, 5.74) is 3.03. The number of nitrogens with one attached hydrogen (secondary N) is 2. The monoisotopic (exact) mass is 534 g/mol. The van der Waals surface area contributed by atoms with Gasteiger partial charge in [-0.2, -0.15) is 0 Å². The van der Waals surface area contributed by atoms with Crippen molar-refractivity contribution in [2.75, 3.05) is 18.5 Å². The highest BCUT2D eigenvalue weighted by Crippen LogP contribution is 2.39. The van der Waals surface area contributed by atoms with Gasteiger partial charge in [-0.15, -0.1) is 24.0 Å². The maximum Gasteiger partial charge on any atom is 0.227 e. The molecule has 0 aromatic heterocycles. The molecule has 4 rings (SSSR count). The number of halogens is 1. The Morgan fingerprint density at radius 2 is 1.94 bits per heavy atom. The van der Waals surface area contributed by atoms with Crippen LogP contribution in [0.25, 0.3) is 0 Å². The Hall–Kier alpha value is -2.29. The van der Waals surface area contributed by atoms with Crippen LogP contribution in [0.5, 0.6) is 5.75 Å². The molecule has 2 aliphatic heterocycles. The zero-order valence-corrected chi connectivity index (χ0v) is 20.7. The van der Waals surface area contributed by atoms with E-state index in [-0.39, 0.29) is 41.5 Å². The lowest BCUT2D eigenvalue weighted by Gasteiger charge is -2.38. The molecule has 0 radical (unpaired) electrons. The molecule has 2 aliphatic rings. The van der Waals surface area contributed by atoms with E-state index in [1.54, 1.807) is 7.05 Å². The molecule has 7 heteroatoms. The summed E-state index contributed by atoms with van der Waals surface area (Å²) in [4.78, 5) is 18.2. The summed E-state index contributed by atoms with van der Waals surface area (Å²) in [6.07, 6.45) is 2.44. The van der Waals surface area contributed by atoms with Crippen LogP contribution in [0.4, 0.5) is 5.69 Å². The fourth-order valence-electron chi connectivity index (χ4n) is 4.19. The van der Waals surface area contributed by atoms with Gasteiger partial charge in [-0.05, 0) is 44.0 Å². The average molecular weight is 534 g/mol. The first-order chi connectivity index (χ1) is 14.4. The van der Waals surface area contributed by atoms with Crippen LogP contribution >= 0.6 is 24.0 Å². The van der Waals surface area contributed by atoms with E-state index in [1.165, 1.54) is 0 Å². The number of para-hydroxylation sites is 1. The van der Waals surface area contributed by atoms with E-state index in [4.69, 9.17) is 4.74 Å². The Kier molecular flexibility index (Phi) is 7.46. The van der Waals surface area contributed by atoms with Crippen molar-refractivity contribution in [2.45, 2.75) is 51.3 Å². The molecule has 1 fully saturated rings. The highest BCUT2D eigenvalue weighted by Gasteiger charge is 2.34. The van der Waals surface area contributed by atoms with E-state index in [0.29, 0.717) is 13.0 Å². The number of benzene rings is 2. The maximum absolute atomic E-state index is 11.9. The normalized spacial score (nSPS) is 19.8. The van der Waals surface area contributed by atoms with Crippen LogP contribution < -0.4 is 20.3 Å². The number of amides is 1. The van der Waals surface area contributed by atoms with Gasteiger partial charge in [0.25, 0.3) is 0 Å². The zero-order valence-electron chi connectivity index (χ0n) is 18.4. The molecule has 1 saturated heterocycles. The summed E-state index contributed by atoms with van der Waals surface area (Å²) in [5.74, 6) is 1.89. The van der Waals surface area contributed by atoms with Crippen molar-refractivity contribution in [1.82, 2.24) is 10.6 Å². The van der Waals surface area contributed by atoms with Gasteiger partial charge in [-0.3, -0.25) is 9.79 Å². The van der Waals surface area contributed by atoms with Gasteiger partial charge in [0.2, 0.25) is 5.91 Å². The number of carbonyl (C=O) groups is 1. The van der Waals surface area contributed by atoms with Crippen molar-refractivity contribution in [3.63, 3.8) is 0 Å². The zero-order chi connectivity index (χ0) is 21.1. The van der Waals surface area contributed by atoms with E-state index in [9.17, 15) is 4.79 Å². The Labute approximate surface area is 201 Å². The molecule has 2 aromatic carbocycles. The Morgan fingerprint density at radius 3 is 2.61 bits per heavy atom. The predicted molar refractivity (Wildman–Crippen MR) is 135 cm³/mol. The summed E-state index contributed by atoms with van der Waals surface area (Å²) in [6.45, 7) is 5.69. The van der Waals surface area contributed by atoms with Gasteiger partial charge in [-0.25, -0.2) is 0 Å². The third kappa shape index (κ3) is 5.50. The van der Waals surface area contributed by atoms with Crippen LogP contribution in [0.15, 0.2) is 53.5 Å². The topological polar surface area (TPSA) is 66.0 Å². The Balaban J connectivity index is 0.00000272. The van der Waals surface area contributed by atoms with Crippen LogP contribution in [0.2, 0.25) is 0 Å². The molecule has 31 heavy (non-hydrogen) atoms. The fraction of sp³-hybridized carbons (Fsp3) is 0.417. The first-order valence-electron chi connectivity index (χ1n) is 10.6. The first-order valence-corrected chi connectivity index (χ1v) is 10.6. The van der Waals surface area contributed by atoms with Crippen molar-refractivity contribution in [2.24, 2.45) is 4.99 Å². The minimum atomic E-state index is -0.242. The van der Waals surface area contributed by atoms with Gasteiger partial charge in [0, 0.05) is 44.2 Å². The van der Waals surface area contributed by atoms with Gasteiger partial charge in [0.05, 0.1) is 6.04 Å². The molecule has 2 heterocycles. The molecule has 166 valence electrons. The highest BCUT2D eigenvalue weighted by atomic mass is 127. The Morgan fingerprint density at radius 1 is 1.19 bits per heavy atom. The van der Waals surface area contributed by atoms with Gasteiger partial charge in [-0.1, -0.05) is 30.3 Å². The van der Waals surface area contributed by atoms with Gasteiger partial charge < -0.3 is 20.3 Å². The minimum absolute atomic E-state index is 0. The first kappa shape index (κ1) is 23.4. The predicted octanol–water partition coefficient (Wildman–Crippen LogP) is 4.40. The minimum Gasteiger partial charge on any atom is -0.487 e. The fourth-order valence-corrected chi connectivity index (χ4v) is 4.19. The summed E-state index contributed by atoms with van der Waals surface area (Å²) in [7, 11) is 1.79. The lowest BCUT2D eigenvalue weighted by Crippen LogP contribution is -2.45. The van der Waals surface area contributed by atoms with E-state index < -0.39 is 0 Å². The summed E-state index contributed by atoms with van der Waals surface area (Å²) in [5, 5.41) is 6.96. The lowest BCUT2D eigenvalue weighted by molar-refractivity contribution is -0.117. The van der Waals surface area contributed by atoms with E-state index in [1.807, 2.05) is 35.2 Å². The smallest absolute Gasteiger partial charge is 0.227 e. The number of carbonyl (C=O) groups excluding carboxylic acids is 1. The maximum atomic E-state index is 11.9. The number of fused-ring (bicyclic) bond motifs is 1. The number of anilines is 1. The summed E-state index contributed by atoms with van der Waals surface area (Å²) < 4.78 is 6.13. The third-order valence-corrected chi connectivity index (χ3v) is 5.69. The van der Waals surface area contributed by atoms with E-state index in [0.717, 1.165) is 47.9 Å². The van der Waals surface area contributed by atoms with Crippen molar-refractivity contribution >= 4 is 41.5 Å². The standard InChI is InChI=1S/C24H30N4O2.HI/c1-24(2)15-20(19-7-4-5-8-21(19)30-24)27-23(25-3)26-16-17-10-12-18(13-11-17)28-14-6-9-22(28)29;/h4-5,7-8,10-13,20H,6,9,14-16H2,1-3H3,(H2,25,26,27);1H. The highest BCUT2D eigenvalue weighted by molar-refractivity contribution is 14.0. The molecule has 0 bridgehead atoms. The molecule has 0 spiro atoms. The number of guanidine groups is 1.